The third kappa shape index (κ3) is 4.24. The van der Waals surface area contributed by atoms with Crippen molar-refractivity contribution in [2.24, 2.45) is 0 Å². The Morgan fingerprint density at radius 3 is 2.27 bits per heavy atom. The Labute approximate surface area is 151 Å². The van der Waals surface area contributed by atoms with Crippen molar-refractivity contribution in [1.82, 2.24) is 0 Å². The quantitative estimate of drug-likeness (QED) is 0.611. The number of nitriles is 1. The number of phenolic OH excluding ortho intramolecular Hbond substituents is 1. The van der Waals surface area contributed by atoms with Crippen LogP contribution in [0.4, 0.5) is 5.69 Å². The van der Waals surface area contributed by atoms with Gasteiger partial charge in [0.05, 0.1) is 21.3 Å². The van der Waals surface area contributed by atoms with Gasteiger partial charge in [0.25, 0.3) is 5.91 Å². The molecule has 0 saturated heterocycles. The van der Waals surface area contributed by atoms with Crippen molar-refractivity contribution < 1.29 is 24.1 Å². The van der Waals surface area contributed by atoms with Gasteiger partial charge in [0, 0.05) is 11.8 Å². The molecule has 0 aromatic heterocycles. The SMILES string of the molecule is COc1ccc(C=C(C#N)C(=O)Nc2ccc(OC)c(OC)c2)cc1O. The smallest absolute Gasteiger partial charge is 0.266 e. The summed E-state index contributed by atoms with van der Waals surface area (Å²) in [5.41, 5.74) is 0.818. The third-order valence-electron chi connectivity index (χ3n) is 3.52. The van der Waals surface area contributed by atoms with E-state index in [-0.39, 0.29) is 11.3 Å². The average molecular weight is 354 g/mol. The van der Waals surface area contributed by atoms with E-state index >= 15 is 0 Å². The van der Waals surface area contributed by atoms with Crippen LogP contribution in [-0.4, -0.2) is 32.3 Å². The van der Waals surface area contributed by atoms with Gasteiger partial charge in [-0.05, 0) is 35.9 Å². The van der Waals surface area contributed by atoms with Gasteiger partial charge in [0.1, 0.15) is 11.6 Å². The Kier molecular flexibility index (Phi) is 6.06. The Hall–Kier alpha value is -3.66. The van der Waals surface area contributed by atoms with E-state index in [1.54, 1.807) is 30.3 Å². The monoisotopic (exact) mass is 354 g/mol. The van der Waals surface area contributed by atoms with Crippen LogP contribution in [-0.2, 0) is 4.79 Å². The number of amides is 1. The molecule has 0 unspecified atom stereocenters. The van der Waals surface area contributed by atoms with Crippen LogP contribution in [0.5, 0.6) is 23.0 Å². The number of anilines is 1. The lowest BCUT2D eigenvalue weighted by atomic mass is 10.1. The van der Waals surface area contributed by atoms with Crippen molar-refractivity contribution in [3.05, 3.63) is 47.5 Å². The zero-order chi connectivity index (χ0) is 19.1. The molecular weight excluding hydrogens is 336 g/mol. The fourth-order valence-corrected chi connectivity index (χ4v) is 2.22. The molecule has 0 aliphatic heterocycles. The first-order chi connectivity index (χ1) is 12.5. The van der Waals surface area contributed by atoms with E-state index in [1.807, 2.05) is 6.07 Å². The van der Waals surface area contributed by atoms with Crippen LogP contribution in [0.3, 0.4) is 0 Å². The van der Waals surface area contributed by atoms with Gasteiger partial charge in [-0.3, -0.25) is 4.79 Å². The van der Waals surface area contributed by atoms with Crippen LogP contribution in [0, 0.1) is 11.3 Å². The molecule has 1 amide bonds. The topological polar surface area (TPSA) is 101 Å². The summed E-state index contributed by atoms with van der Waals surface area (Å²) < 4.78 is 15.3. The number of aromatic hydroxyl groups is 1. The van der Waals surface area contributed by atoms with E-state index in [0.29, 0.717) is 28.5 Å². The number of rotatable bonds is 6. The molecule has 134 valence electrons. The number of nitrogens with zero attached hydrogens (tertiary/aromatic N) is 1. The second-order valence-electron chi connectivity index (χ2n) is 5.12. The van der Waals surface area contributed by atoms with Crippen molar-refractivity contribution in [1.29, 1.82) is 5.26 Å². The zero-order valence-electron chi connectivity index (χ0n) is 14.6. The fourth-order valence-electron chi connectivity index (χ4n) is 2.22. The van der Waals surface area contributed by atoms with Gasteiger partial charge in [-0.1, -0.05) is 6.07 Å². The lowest BCUT2D eigenvalue weighted by molar-refractivity contribution is -0.112. The van der Waals surface area contributed by atoms with Crippen molar-refractivity contribution in [3.8, 4) is 29.1 Å². The first-order valence-corrected chi connectivity index (χ1v) is 7.54. The number of hydrogen-bond acceptors (Lipinski definition) is 6. The summed E-state index contributed by atoms with van der Waals surface area (Å²) in [6, 6.07) is 11.3. The van der Waals surface area contributed by atoms with Gasteiger partial charge in [-0.2, -0.15) is 5.26 Å². The highest BCUT2D eigenvalue weighted by Gasteiger charge is 2.12. The van der Waals surface area contributed by atoms with Gasteiger partial charge in [0.2, 0.25) is 0 Å². The summed E-state index contributed by atoms with van der Waals surface area (Å²) in [6.45, 7) is 0. The predicted molar refractivity (Wildman–Crippen MR) is 96.4 cm³/mol. The van der Waals surface area contributed by atoms with Crippen LogP contribution < -0.4 is 19.5 Å². The first-order valence-electron chi connectivity index (χ1n) is 7.54. The third-order valence-corrected chi connectivity index (χ3v) is 3.52. The molecule has 0 heterocycles. The molecule has 0 saturated carbocycles. The Morgan fingerprint density at radius 2 is 1.69 bits per heavy atom. The largest absolute Gasteiger partial charge is 0.504 e. The number of ether oxygens (including phenoxy) is 3. The van der Waals surface area contributed by atoms with Crippen molar-refractivity contribution >= 4 is 17.7 Å². The molecule has 0 atom stereocenters. The van der Waals surface area contributed by atoms with E-state index in [2.05, 4.69) is 5.32 Å². The van der Waals surface area contributed by atoms with Crippen LogP contribution >= 0.6 is 0 Å². The van der Waals surface area contributed by atoms with E-state index in [9.17, 15) is 15.2 Å². The van der Waals surface area contributed by atoms with E-state index < -0.39 is 5.91 Å². The fraction of sp³-hybridized carbons (Fsp3) is 0.158. The highest BCUT2D eigenvalue weighted by atomic mass is 16.5. The molecule has 26 heavy (non-hydrogen) atoms. The molecular formula is C19H18N2O5. The van der Waals surface area contributed by atoms with Gasteiger partial charge < -0.3 is 24.6 Å². The van der Waals surface area contributed by atoms with Gasteiger partial charge in [-0.15, -0.1) is 0 Å². The molecule has 7 heteroatoms. The van der Waals surface area contributed by atoms with Crippen molar-refractivity contribution in [3.63, 3.8) is 0 Å². The standard InChI is InChI=1S/C19H18N2O5/c1-24-16-6-4-12(9-15(16)22)8-13(11-20)19(23)21-14-5-7-17(25-2)18(10-14)26-3/h4-10,22H,1-3H3,(H,21,23). The molecule has 0 spiro atoms. The Balaban J connectivity index is 2.24. The zero-order valence-corrected chi connectivity index (χ0v) is 14.6. The highest BCUT2D eigenvalue weighted by molar-refractivity contribution is 6.09. The normalized spacial score (nSPS) is 10.6. The van der Waals surface area contributed by atoms with E-state index in [4.69, 9.17) is 14.2 Å². The second-order valence-corrected chi connectivity index (χ2v) is 5.12. The molecule has 0 aliphatic rings. The maximum atomic E-state index is 12.3. The van der Waals surface area contributed by atoms with E-state index in [1.165, 1.54) is 33.5 Å². The van der Waals surface area contributed by atoms with Crippen LogP contribution in [0.25, 0.3) is 6.08 Å². The average Bonchev–Trinajstić information content (AvgIpc) is 2.65. The number of carbonyl (C=O) groups is 1. The maximum Gasteiger partial charge on any atom is 0.266 e. The molecule has 2 aromatic rings. The summed E-state index contributed by atoms with van der Waals surface area (Å²) in [5.74, 6) is 0.604. The molecule has 0 aliphatic carbocycles. The van der Waals surface area contributed by atoms with Crippen molar-refractivity contribution in [2.45, 2.75) is 0 Å². The van der Waals surface area contributed by atoms with Gasteiger partial charge >= 0.3 is 0 Å². The summed E-state index contributed by atoms with van der Waals surface area (Å²) in [4.78, 5) is 12.3. The summed E-state index contributed by atoms with van der Waals surface area (Å²) in [6.07, 6.45) is 1.37. The molecule has 0 bridgehead atoms. The van der Waals surface area contributed by atoms with Crippen LogP contribution in [0.15, 0.2) is 42.0 Å². The lowest BCUT2D eigenvalue weighted by Gasteiger charge is -2.10. The number of nitrogens with one attached hydrogen (secondary N) is 1. The maximum absolute atomic E-state index is 12.3. The summed E-state index contributed by atoms with van der Waals surface area (Å²) in [7, 11) is 4.43. The molecule has 0 radical (unpaired) electrons. The molecule has 0 fully saturated rings. The highest BCUT2D eigenvalue weighted by Crippen LogP contribution is 2.30. The number of phenols is 1. The Morgan fingerprint density at radius 1 is 1.04 bits per heavy atom. The summed E-state index contributed by atoms with van der Waals surface area (Å²) in [5, 5.41) is 21.7. The second kappa shape index (κ2) is 8.44. The first kappa shape index (κ1) is 18.7. The van der Waals surface area contributed by atoms with Crippen LogP contribution in [0.2, 0.25) is 0 Å². The predicted octanol–water partition coefficient (Wildman–Crippen LogP) is 2.96. The van der Waals surface area contributed by atoms with Gasteiger partial charge in [-0.25, -0.2) is 0 Å². The number of carbonyl (C=O) groups excluding carboxylic acids is 1. The number of benzene rings is 2. The number of methoxy groups -OCH3 is 3. The summed E-state index contributed by atoms with van der Waals surface area (Å²) >= 11 is 0. The molecule has 7 nitrogen and oxygen atoms in total. The Bertz CT molecular complexity index is 884. The molecule has 2 N–H and O–H groups in total. The van der Waals surface area contributed by atoms with E-state index in [0.717, 1.165) is 0 Å². The minimum absolute atomic E-state index is 0.0844. The number of hydrogen-bond donors (Lipinski definition) is 2. The molecule has 2 aromatic carbocycles. The lowest BCUT2D eigenvalue weighted by Crippen LogP contribution is -2.13. The minimum Gasteiger partial charge on any atom is -0.504 e. The molecule has 2 rings (SSSR count). The van der Waals surface area contributed by atoms with Gasteiger partial charge in [0.15, 0.2) is 23.0 Å². The van der Waals surface area contributed by atoms with Crippen LogP contribution in [0.1, 0.15) is 5.56 Å². The van der Waals surface area contributed by atoms with Crippen molar-refractivity contribution in [2.75, 3.05) is 26.6 Å². The minimum atomic E-state index is -0.588.